The van der Waals surface area contributed by atoms with Crippen LogP contribution < -0.4 is 10.3 Å². The number of rotatable bonds is 4. The van der Waals surface area contributed by atoms with Crippen molar-refractivity contribution in [3.05, 3.63) is 66.0 Å². The molecule has 1 aliphatic rings. The number of anilines is 1. The van der Waals surface area contributed by atoms with Crippen LogP contribution in [0, 0.1) is 11.7 Å². The first-order chi connectivity index (χ1) is 11.6. The van der Waals surface area contributed by atoms with E-state index in [0.29, 0.717) is 5.69 Å². The van der Waals surface area contributed by atoms with Gasteiger partial charge in [0.25, 0.3) is 0 Å². The third kappa shape index (κ3) is 3.65. The molecular weight excluding hydrogens is 309 g/mol. The Morgan fingerprint density at radius 2 is 2.00 bits per heavy atom. The molecule has 2 amide bonds. The molecule has 6 heteroatoms. The summed E-state index contributed by atoms with van der Waals surface area (Å²) in [6.45, 7) is 0.217. The van der Waals surface area contributed by atoms with Crippen LogP contribution in [0.1, 0.15) is 12.0 Å². The van der Waals surface area contributed by atoms with E-state index in [1.807, 2.05) is 30.3 Å². The fourth-order valence-corrected chi connectivity index (χ4v) is 2.58. The zero-order valence-corrected chi connectivity index (χ0v) is 12.9. The van der Waals surface area contributed by atoms with Crippen LogP contribution >= 0.6 is 0 Å². The van der Waals surface area contributed by atoms with Crippen molar-refractivity contribution in [2.75, 3.05) is 11.4 Å². The predicted molar refractivity (Wildman–Crippen MR) is 89.0 cm³/mol. The molecule has 1 saturated heterocycles. The number of hydrazone groups is 1. The average molecular weight is 325 g/mol. The lowest BCUT2D eigenvalue weighted by Crippen LogP contribution is -2.30. The van der Waals surface area contributed by atoms with E-state index in [0.717, 1.165) is 5.56 Å². The maximum Gasteiger partial charge on any atom is 0.245 e. The number of amides is 2. The topological polar surface area (TPSA) is 61.8 Å². The number of hydrogen-bond donors (Lipinski definition) is 1. The van der Waals surface area contributed by atoms with E-state index in [1.54, 1.807) is 12.3 Å². The van der Waals surface area contributed by atoms with Crippen molar-refractivity contribution in [2.24, 2.45) is 11.0 Å². The first-order valence-electron chi connectivity index (χ1n) is 7.57. The molecule has 1 unspecified atom stereocenters. The van der Waals surface area contributed by atoms with E-state index in [2.05, 4.69) is 10.5 Å². The Balaban J connectivity index is 1.61. The largest absolute Gasteiger partial charge is 0.311 e. The van der Waals surface area contributed by atoms with E-state index in [1.165, 1.54) is 23.1 Å². The van der Waals surface area contributed by atoms with Crippen LogP contribution in [-0.2, 0) is 9.59 Å². The second-order valence-electron chi connectivity index (χ2n) is 5.53. The normalized spacial score (nSPS) is 17.5. The summed E-state index contributed by atoms with van der Waals surface area (Å²) in [6.07, 6.45) is 1.63. The molecule has 0 spiro atoms. The van der Waals surface area contributed by atoms with Gasteiger partial charge < -0.3 is 4.90 Å². The molecule has 0 saturated carbocycles. The average Bonchev–Trinajstić information content (AvgIpc) is 2.98. The molecule has 1 N–H and O–H groups in total. The molecule has 3 rings (SSSR count). The van der Waals surface area contributed by atoms with Crippen LogP contribution in [0.15, 0.2) is 59.7 Å². The second-order valence-corrected chi connectivity index (χ2v) is 5.53. The molecule has 1 fully saturated rings. The summed E-state index contributed by atoms with van der Waals surface area (Å²) in [4.78, 5) is 25.7. The quantitative estimate of drug-likeness (QED) is 0.693. The maximum atomic E-state index is 13.3. The molecule has 5 nitrogen and oxygen atoms in total. The third-order valence-electron chi connectivity index (χ3n) is 3.80. The van der Waals surface area contributed by atoms with Crippen molar-refractivity contribution in [3.63, 3.8) is 0 Å². The zero-order valence-electron chi connectivity index (χ0n) is 12.9. The summed E-state index contributed by atoms with van der Waals surface area (Å²) in [7, 11) is 0. The summed E-state index contributed by atoms with van der Waals surface area (Å²) < 4.78 is 13.3. The first kappa shape index (κ1) is 15.9. The highest BCUT2D eigenvalue weighted by Gasteiger charge is 2.35. The highest BCUT2D eigenvalue weighted by Crippen LogP contribution is 2.25. The van der Waals surface area contributed by atoms with Gasteiger partial charge in [0.1, 0.15) is 5.82 Å². The van der Waals surface area contributed by atoms with Crippen molar-refractivity contribution >= 4 is 23.7 Å². The van der Waals surface area contributed by atoms with Crippen LogP contribution in [0.25, 0.3) is 0 Å². The summed E-state index contributed by atoms with van der Waals surface area (Å²) in [5.74, 6) is -1.45. The molecule has 1 heterocycles. The number of carbonyl (C=O) groups is 2. The second kappa shape index (κ2) is 7.04. The van der Waals surface area contributed by atoms with Crippen LogP contribution in [0.4, 0.5) is 10.1 Å². The van der Waals surface area contributed by atoms with Gasteiger partial charge >= 0.3 is 0 Å². The summed E-state index contributed by atoms with van der Waals surface area (Å²) >= 11 is 0. The number of benzene rings is 2. The number of nitrogens with one attached hydrogen (secondary N) is 1. The highest BCUT2D eigenvalue weighted by molar-refractivity contribution is 6.00. The minimum Gasteiger partial charge on any atom is -0.311 e. The monoisotopic (exact) mass is 325 g/mol. The van der Waals surface area contributed by atoms with E-state index in [-0.39, 0.29) is 24.8 Å². The van der Waals surface area contributed by atoms with Gasteiger partial charge in [0.15, 0.2) is 0 Å². The molecule has 2 aromatic carbocycles. The highest BCUT2D eigenvalue weighted by atomic mass is 19.1. The van der Waals surface area contributed by atoms with Crippen LogP contribution in [0.3, 0.4) is 0 Å². The molecule has 122 valence electrons. The standard InChI is InChI=1S/C18H16FN3O2/c19-15-7-4-8-16(10-15)22-12-14(9-17(22)23)18(24)21-20-11-13-5-2-1-3-6-13/h1-8,10-11,14H,9,12H2,(H,21,24). The minimum atomic E-state index is -0.506. The molecule has 0 aliphatic carbocycles. The Morgan fingerprint density at radius 1 is 1.21 bits per heavy atom. The molecule has 0 radical (unpaired) electrons. The Bertz CT molecular complexity index is 777. The van der Waals surface area contributed by atoms with Gasteiger partial charge in [-0.2, -0.15) is 5.10 Å². The van der Waals surface area contributed by atoms with Crippen molar-refractivity contribution < 1.29 is 14.0 Å². The number of halogens is 1. The smallest absolute Gasteiger partial charge is 0.245 e. The van der Waals surface area contributed by atoms with E-state index < -0.39 is 11.7 Å². The zero-order chi connectivity index (χ0) is 16.9. The Kier molecular flexibility index (Phi) is 4.65. The van der Waals surface area contributed by atoms with Gasteiger partial charge in [0.05, 0.1) is 12.1 Å². The van der Waals surface area contributed by atoms with Crippen molar-refractivity contribution in [1.82, 2.24) is 5.43 Å². The van der Waals surface area contributed by atoms with Gasteiger partial charge in [-0.3, -0.25) is 9.59 Å². The lowest BCUT2D eigenvalue weighted by Gasteiger charge is -2.16. The number of carbonyl (C=O) groups excluding carboxylic acids is 2. The molecule has 2 aromatic rings. The molecule has 1 aliphatic heterocycles. The summed E-state index contributed by atoms with van der Waals surface area (Å²) in [5, 5.41) is 3.91. The van der Waals surface area contributed by atoms with E-state index >= 15 is 0 Å². The van der Waals surface area contributed by atoms with Crippen LogP contribution in [0.5, 0.6) is 0 Å². The maximum absolute atomic E-state index is 13.3. The third-order valence-corrected chi connectivity index (χ3v) is 3.80. The fourth-order valence-electron chi connectivity index (χ4n) is 2.58. The molecule has 24 heavy (non-hydrogen) atoms. The Morgan fingerprint density at radius 3 is 2.75 bits per heavy atom. The minimum absolute atomic E-state index is 0.0865. The van der Waals surface area contributed by atoms with Crippen LogP contribution in [-0.4, -0.2) is 24.6 Å². The van der Waals surface area contributed by atoms with E-state index in [4.69, 9.17) is 0 Å². The molecule has 0 bridgehead atoms. The summed E-state index contributed by atoms with van der Waals surface area (Å²) in [6, 6.07) is 15.1. The number of hydrogen-bond acceptors (Lipinski definition) is 3. The Labute approximate surface area is 138 Å². The van der Waals surface area contributed by atoms with Crippen molar-refractivity contribution in [2.45, 2.75) is 6.42 Å². The lowest BCUT2D eigenvalue weighted by atomic mass is 10.1. The van der Waals surface area contributed by atoms with Crippen molar-refractivity contribution in [1.29, 1.82) is 0 Å². The SMILES string of the molecule is O=C(NN=Cc1ccccc1)C1CC(=O)N(c2cccc(F)c2)C1. The van der Waals surface area contributed by atoms with Gasteiger partial charge in [-0.1, -0.05) is 36.4 Å². The molecule has 0 aromatic heterocycles. The first-order valence-corrected chi connectivity index (χ1v) is 7.57. The molecule has 1 atom stereocenters. The molecular formula is C18H16FN3O2. The predicted octanol–water partition coefficient (Wildman–Crippen LogP) is 2.33. The van der Waals surface area contributed by atoms with Gasteiger partial charge in [0.2, 0.25) is 11.8 Å². The van der Waals surface area contributed by atoms with Gasteiger partial charge in [-0.05, 0) is 23.8 Å². The van der Waals surface area contributed by atoms with Gasteiger partial charge in [0, 0.05) is 18.7 Å². The lowest BCUT2D eigenvalue weighted by molar-refractivity contribution is -0.126. The van der Waals surface area contributed by atoms with Crippen molar-refractivity contribution in [3.8, 4) is 0 Å². The summed E-state index contributed by atoms with van der Waals surface area (Å²) in [5.41, 5.74) is 3.78. The Hall–Kier alpha value is -3.02. The van der Waals surface area contributed by atoms with Gasteiger partial charge in [-0.15, -0.1) is 0 Å². The van der Waals surface area contributed by atoms with E-state index in [9.17, 15) is 14.0 Å². The van der Waals surface area contributed by atoms with Crippen LogP contribution in [0.2, 0.25) is 0 Å². The fraction of sp³-hybridized carbons (Fsp3) is 0.167. The number of nitrogens with zero attached hydrogens (tertiary/aromatic N) is 2. The van der Waals surface area contributed by atoms with Gasteiger partial charge in [-0.25, -0.2) is 9.82 Å².